The summed E-state index contributed by atoms with van der Waals surface area (Å²) in [5.74, 6) is 1.21. The van der Waals surface area contributed by atoms with Crippen molar-refractivity contribution in [1.29, 1.82) is 5.26 Å². The van der Waals surface area contributed by atoms with E-state index in [0.29, 0.717) is 23.8 Å². The summed E-state index contributed by atoms with van der Waals surface area (Å²) in [5.41, 5.74) is 1.96. The molecule has 22 heavy (non-hydrogen) atoms. The minimum absolute atomic E-state index is 0.257. The van der Waals surface area contributed by atoms with Crippen molar-refractivity contribution in [3.63, 3.8) is 0 Å². The molecule has 0 radical (unpaired) electrons. The Bertz CT molecular complexity index is 679. The highest BCUT2D eigenvalue weighted by Gasteiger charge is 2.13. The molecule has 2 aromatic carbocycles. The lowest BCUT2D eigenvalue weighted by molar-refractivity contribution is 0.304. The highest BCUT2D eigenvalue weighted by Crippen LogP contribution is 2.29. The number of para-hydroxylation sites is 1. The third-order valence-corrected chi connectivity index (χ3v) is 3.79. The van der Waals surface area contributed by atoms with E-state index < -0.39 is 0 Å². The molecule has 0 aliphatic rings. The first-order valence-corrected chi connectivity index (χ1v) is 7.45. The summed E-state index contributed by atoms with van der Waals surface area (Å²) < 4.78 is 10.9. The zero-order chi connectivity index (χ0) is 15.9. The van der Waals surface area contributed by atoms with Gasteiger partial charge in [0.15, 0.2) is 0 Å². The van der Waals surface area contributed by atoms with Crippen molar-refractivity contribution in [1.82, 2.24) is 0 Å². The van der Waals surface area contributed by atoms with Crippen LogP contribution in [0.5, 0.6) is 11.5 Å². The van der Waals surface area contributed by atoms with Gasteiger partial charge in [0.1, 0.15) is 11.5 Å². The van der Waals surface area contributed by atoms with Crippen molar-refractivity contribution in [3.8, 4) is 17.6 Å². The quantitative estimate of drug-likeness (QED) is 0.773. The van der Waals surface area contributed by atoms with Crippen LogP contribution in [0, 0.1) is 18.3 Å². The van der Waals surface area contributed by atoms with Crippen molar-refractivity contribution >= 4 is 11.6 Å². The Morgan fingerprint density at radius 1 is 1.18 bits per heavy atom. The lowest BCUT2D eigenvalue weighted by Gasteiger charge is -2.13. The average Bonchev–Trinajstić information content (AvgIpc) is 2.53. The largest absolute Gasteiger partial charge is 0.495 e. The van der Waals surface area contributed by atoms with Crippen LogP contribution in [0.4, 0.5) is 0 Å². The van der Waals surface area contributed by atoms with Crippen molar-refractivity contribution < 1.29 is 9.47 Å². The molecular formula is C18H18ClNO2. The summed E-state index contributed by atoms with van der Waals surface area (Å²) >= 11 is 6.12. The van der Waals surface area contributed by atoms with Crippen LogP contribution in [-0.2, 0) is 0 Å². The van der Waals surface area contributed by atoms with Crippen molar-refractivity contribution in [2.24, 2.45) is 0 Å². The van der Waals surface area contributed by atoms with Crippen LogP contribution in [0.25, 0.3) is 0 Å². The molecule has 0 saturated carbocycles. The Labute approximate surface area is 136 Å². The number of hydrogen-bond acceptors (Lipinski definition) is 3. The molecule has 4 heteroatoms. The number of halogens is 1. The topological polar surface area (TPSA) is 42.2 Å². The Hall–Kier alpha value is -2.18. The van der Waals surface area contributed by atoms with E-state index in [1.165, 1.54) is 0 Å². The van der Waals surface area contributed by atoms with Crippen molar-refractivity contribution in [2.75, 3.05) is 13.7 Å². The van der Waals surface area contributed by atoms with Gasteiger partial charge in [0.25, 0.3) is 0 Å². The molecule has 0 aliphatic heterocycles. The SMILES string of the molecule is COc1ccc(C(C#N)CCOc2ccccc2C)cc1Cl. The molecule has 0 N–H and O–H groups in total. The molecule has 3 nitrogen and oxygen atoms in total. The zero-order valence-electron chi connectivity index (χ0n) is 12.7. The second-order valence-electron chi connectivity index (χ2n) is 4.98. The fourth-order valence-electron chi connectivity index (χ4n) is 2.21. The first-order chi connectivity index (χ1) is 10.7. The molecule has 2 rings (SSSR count). The number of nitriles is 1. The number of hydrogen-bond donors (Lipinski definition) is 0. The van der Waals surface area contributed by atoms with Gasteiger partial charge in [-0.2, -0.15) is 5.26 Å². The van der Waals surface area contributed by atoms with E-state index in [1.807, 2.05) is 37.3 Å². The van der Waals surface area contributed by atoms with Gasteiger partial charge in [0, 0.05) is 6.42 Å². The maximum Gasteiger partial charge on any atom is 0.137 e. The van der Waals surface area contributed by atoms with Crippen LogP contribution in [0.2, 0.25) is 5.02 Å². The van der Waals surface area contributed by atoms with E-state index >= 15 is 0 Å². The summed E-state index contributed by atoms with van der Waals surface area (Å²) in [7, 11) is 1.57. The molecule has 0 amide bonds. The molecule has 0 saturated heterocycles. The van der Waals surface area contributed by atoms with E-state index in [1.54, 1.807) is 19.2 Å². The number of benzene rings is 2. The molecule has 0 aromatic heterocycles. The molecule has 0 aliphatic carbocycles. The van der Waals surface area contributed by atoms with Gasteiger partial charge in [0.05, 0.1) is 30.7 Å². The fourth-order valence-corrected chi connectivity index (χ4v) is 2.48. The van der Waals surface area contributed by atoms with Crippen LogP contribution >= 0.6 is 11.6 Å². The van der Waals surface area contributed by atoms with Gasteiger partial charge in [-0.1, -0.05) is 35.9 Å². The van der Waals surface area contributed by atoms with Gasteiger partial charge < -0.3 is 9.47 Å². The standard InChI is InChI=1S/C18H18ClNO2/c1-13-5-3-4-6-17(13)22-10-9-15(12-20)14-7-8-18(21-2)16(19)11-14/h3-8,11,15H,9-10H2,1-2H3. The first-order valence-electron chi connectivity index (χ1n) is 7.07. The number of nitrogens with zero attached hydrogens (tertiary/aromatic N) is 1. The van der Waals surface area contributed by atoms with Gasteiger partial charge in [-0.25, -0.2) is 0 Å². The monoisotopic (exact) mass is 315 g/mol. The minimum atomic E-state index is -0.257. The molecule has 2 aromatic rings. The summed E-state index contributed by atoms with van der Waals surface area (Å²) in [6.07, 6.45) is 0.605. The second kappa shape index (κ2) is 7.72. The third kappa shape index (κ3) is 3.93. The van der Waals surface area contributed by atoms with E-state index in [9.17, 15) is 5.26 Å². The molecule has 0 fully saturated rings. The lowest BCUT2D eigenvalue weighted by atomic mass is 9.97. The van der Waals surface area contributed by atoms with Crippen molar-refractivity contribution in [2.45, 2.75) is 19.3 Å². The lowest BCUT2D eigenvalue weighted by Crippen LogP contribution is -2.05. The Morgan fingerprint density at radius 3 is 2.59 bits per heavy atom. The molecular weight excluding hydrogens is 298 g/mol. The number of methoxy groups -OCH3 is 1. The zero-order valence-corrected chi connectivity index (χ0v) is 13.4. The van der Waals surface area contributed by atoms with Crippen LogP contribution in [0.3, 0.4) is 0 Å². The van der Waals surface area contributed by atoms with E-state index in [-0.39, 0.29) is 5.92 Å². The maximum atomic E-state index is 9.37. The average molecular weight is 316 g/mol. The fraction of sp³-hybridized carbons (Fsp3) is 0.278. The Kier molecular flexibility index (Phi) is 5.68. The highest BCUT2D eigenvalue weighted by atomic mass is 35.5. The molecule has 0 bridgehead atoms. The van der Waals surface area contributed by atoms with Crippen LogP contribution in [0.15, 0.2) is 42.5 Å². The molecule has 1 unspecified atom stereocenters. The Balaban J connectivity index is 2.00. The molecule has 114 valence electrons. The summed E-state index contributed by atoms with van der Waals surface area (Å²) in [4.78, 5) is 0. The number of aryl methyl sites for hydroxylation is 1. The van der Waals surface area contributed by atoms with Gasteiger partial charge >= 0.3 is 0 Å². The van der Waals surface area contributed by atoms with Gasteiger partial charge in [0.2, 0.25) is 0 Å². The number of rotatable bonds is 6. The van der Waals surface area contributed by atoms with Crippen LogP contribution in [-0.4, -0.2) is 13.7 Å². The predicted octanol–water partition coefficient (Wildman–Crippen LogP) is 4.73. The van der Waals surface area contributed by atoms with Crippen LogP contribution in [0.1, 0.15) is 23.5 Å². The third-order valence-electron chi connectivity index (χ3n) is 3.49. The smallest absolute Gasteiger partial charge is 0.137 e. The van der Waals surface area contributed by atoms with Gasteiger partial charge in [-0.05, 0) is 36.2 Å². The summed E-state index contributed by atoms with van der Waals surface area (Å²) in [6, 6.07) is 15.6. The first kappa shape index (κ1) is 16.2. The summed E-state index contributed by atoms with van der Waals surface area (Å²) in [6.45, 7) is 2.48. The summed E-state index contributed by atoms with van der Waals surface area (Å²) in [5, 5.41) is 9.88. The van der Waals surface area contributed by atoms with E-state index in [0.717, 1.165) is 16.9 Å². The van der Waals surface area contributed by atoms with E-state index in [4.69, 9.17) is 21.1 Å². The van der Waals surface area contributed by atoms with E-state index in [2.05, 4.69) is 6.07 Å². The molecule has 0 heterocycles. The highest BCUT2D eigenvalue weighted by molar-refractivity contribution is 6.32. The molecule has 0 spiro atoms. The normalized spacial score (nSPS) is 11.5. The molecule has 1 atom stereocenters. The second-order valence-corrected chi connectivity index (χ2v) is 5.39. The Morgan fingerprint density at radius 2 is 1.95 bits per heavy atom. The predicted molar refractivity (Wildman–Crippen MR) is 87.6 cm³/mol. The minimum Gasteiger partial charge on any atom is -0.495 e. The number of ether oxygens (including phenoxy) is 2. The van der Waals surface area contributed by atoms with Gasteiger partial charge in [-0.3, -0.25) is 0 Å². The maximum absolute atomic E-state index is 9.37. The van der Waals surface area contributed by atoms with Crippen molar-refractivity contribution in [3.05, 3.63) is 58.6 Å². The van der Waals surface area contributed by atoms with Crippen LogP contribution < -0.4 is 9.47 Å². The van der Waals surface area contributed by atoms with Gasteiger partial charge in [-0.15, -0.1) is 0 Å².